The number of rotatable bonds is 6. The van der Waals surface area contributed by atoms with E-state index in [0.717, 1.165) is 0 Å². The molecule has 0 saturated heterocycles. The Morgan fingerprint density at radius 1 is 1.41 bits per heavy atom. The van der Waals surface area contributed by atoms with Crippen molar-refractivity contribution in [2.24, 2.45) is 0 Å². The summed E-state index contributed by atoms with van der Waals surface area (Å²) in [5, 5.41) is 11.1. The van der Waals surface area contributed by atoms with E-state index in [-0.39, 0.29) is 16.7 Å². The number of amides is 1. The molecule has 0 atom stereocenters. The molecule has 0 spiro atoms. The molecule has 0 aliphatic rings. The van der Waals surface area contributed by atoms with E-state index in [1.54, 1.807) is 6.20 Å². The highest BCUT2D eigenvalue weighted by atomic mass is 28.4. The highest BCUT2D eigenvalue weighted by Gasteiger charge is 2.36. The molecule has 0 unspecified atom stereocenters. The fourth-order valence-corrected chi connectivity index (χ4v) is 2.54. The quantitative estimate of drug-likeness (QED) is 0.780. The Morgan fingerprint density at radius 2 is 2.05 bits per heavy atom. The molecule has 0 saturated carbocycles. The minimum absolute atomic E-state index is 0.0971. The Balaban J connectivity index is 2.73. The zero-order valence-corrected chi connectivity index (χ0v) is 15.1. The van der Waals surface area contributed by atoms with Crippen molar-refractivity contribution in [3.8, 4) is 5.88 Å². The lowest BCUT2D eigenvalue weighted by Gasteiger charge is -2.36. The number of anilines is 1. The molecule has 2 N–H and O–H groups in total. The first-order valence-electron chi connectivity index (χ1n) is 7.10. The summed E-state index contributed by atoms with van der Waals surface area (Å²) in [5.41, 5.74) is 0.656. The van der Waals surface area contributed by atoms with E-state index in [1.165, 1.54) is 7.11 Å². The lowest BCUT2D eigenvalue weighted by molar-refractivity contribution is 0.209. The predicted molar refractivity (Wildman–Crippen MR) is 87.1 cm³/mol. The number of carboxylic acid groups (broad SMARTS) is 1. The van der Waals surface area contributed by atoms with Crippen molar-refractivity contribution >= 4 is 20.2 Å². The number of carbonyl (C=O) groups is 1. The molecule has 1 rings (SSSR count). The first-order valence-corrected chi connectivity index (χ1v) is 10.0. The second kappa shape index (κ2) is 7.06. The van der Waals surface area contributed by atoms with E-state index in [1.807, 2.05) is 0 Å². The van der Waals surface area contributed by atoms with Crippen LogP contribution in [0.5, 0.6) is 5.88 Å². The summed E-state index contributed by atoms with van der Waals surface area (Å²) in [5.74, 6) is 0.247. The average molecular weight is 327 g/mol. The highest BCUT2D eigenvalue weighted by Crippen LogP contribution is 2.36. The minimum Gasteiger partial charge on any atom is -0.478 e. The topological polar surface area (TPSA) is 93.6 Å². The Morgan fingerprint density at radius 3 is 2.55 bits per heavy atom. The second-order valence-corrected chi connectivity index (χ2v) is 11.3. The van der Waals surface area contributed by atoms with Crippen LogP contribution in [0.15, 0.2) is 6.20 Å². The van der Waals surface area contributed by atoms with Crippen molar-refractivity contribution in [2.45, 2.75) is 45.3 Å². The minimum atomic E-state index is -1.80. The van der Waals surface area contributed by atoms with Gasteiger partial charge in [0, 0.05) is 13.0 Å². The van der Waals surface area contributed by atoms with Crippen molar-refractivity contribution in [3.63, 3.8) is 0 Å². The lowest BCUT2D eigenvalue weighted by atomic mass is 10.2. The second-order valence-electron chi connectivity index (χ2n) is 6.51. The van der Waals surface area contributed by atoms with Crippen LogP contribution in [-0.4, -0.2) is 43.2 Å². The van der Waals surface area contributed by atoms with Gasteiger partial charge in [0.05, 0.1) is 19.0 Å². The summed E-state index contributed by atoms with van der Waals surface area (Å²) >= 11 is 0. The van der Waals surface area contributed by atoms with Crippen molar-refractivity contribution in [1.29, 1.82) is 0 Å². The maximum absolute atomic E-state index is 10.8. The van der Waals surface area contributed by atoms with E-state index in [4.69, 9.17) is 14.3 Å². The summed E-state index contributed by atoms with van der Waals surface area (Å²) in [4.78, 5) is 19.0. The van der Waals surface area contributed by atoms with Crippen LogP contribution in [0.2, 0.25) is 18.1 Å². The van der Waals surface area contributed by atoms with E-state index in [2.05, 4.69) is 49.1 Å². The number of methoxy groups -OCH3 is 1. The van der Waals surface area contributed by atoms with Crippen LogP contribution in [0.25, 0.3) is 0 Å². The van der Waals surface area contributed by atoms with Gasteiger partial charge in [0.15, 0.2) is 14.1 Å². The molecule has 0 radical (unpaired) electrons. The Kier molecular flexibility index (Phi) is 5.90. The third-order valence-corrected chi connectivity index (χ3v) is 8.37. The first-order chi connectivity index (χ1) is 10.1. The predicted octanol–water partition coefficient (Wildman–Crippen LogP) is 3.14. The van der Waals surface area contributed by atoms with Crippen molar-refractivity contribution in [3.05, 3.63) is 11.9 Å². The zero-order chi connectivity index (χ0) is 17.0. The fourth-order valence-electron chi connectivity index (χ4n) is 1.49. The fraction of sp³-hybridized carbons (Fsp3) is 0.643. The monoisotopic (exact) mass is 327 g/mol. The largest absolute Gasteiger partial charge is 0.478 e. The normalized spacial score (nSPS) is 12.1. The van der Waals surface area contributed by atoms with Crippen LogP contribution in [0.3, 0.4) is 0 Å². The summed E-state index contributed by atoms with van der Waals surface area (Å²) in [6.45, 7) is 11.4. The van der Waals surface area contributed by atoms with Crippen LogP contribution in [0.1, 0.15) is 26.5 Å². The smallest absolute Gasteiger partial charge is 0.410 e. The summed E-state index contributed by atoms with van der Waals surface area (Å²) in [6, 6.07) is 0. The van der Waals surface area contributed by atoms with Crippen LogP contribution in [0.4, 0.5) is 10.6 Å². The summed E-state index contributed by atoms with van der Waals surface area (Å²) in [6.07, 6.45) is 0.931. The Hall–Kier alpha value is -1.67. The van der Waals surface area contributed by atoms with Gasteiger partial charge in [0.2, 0.25) is 0 Å². The first kappa shape index (κ1) is 18.4. The molecule has 1 amide bonds. The molecule has 124 valence electrons. The van der Waals surface area contributed by atoms with E-state index in [0.29, 0.717) is 18.7 Å². The molecular formula is C14H25N3O4Si. The zero-order valence-electron chi connectivity index (χ0n) is 14.1. The molecule has 1 aromatic rings. The summed E-state index contributed by atoms with van der Waals surface area (Å²) in [7, 11) is -0.385. The van der Waals surface area contributed by atoms with Crippen LogP contribution in [0, 0.1) is 0 Å². The van der Waals surface area contributed by atoms with E-state index < -0.39 is 14.4 Å². The molecule has 7 nitrogen and oxygen atoms in total. The van der Waals surface area contributed by atoms with E-state index >= 15 is 0 Å². The van der Waals surface area contributed by atoms with Crippen molar-refractivity contribution in [1.82, 2.24) is 9.97 Å². The molecule has 0 aliphatic carbocycles. The lowest BCUT2D eigenvalue weighted by Crippen LogP contribution is -2.41. The number of hydrogen-bond acceptors (Lipinski definition) is 5. The highest BCUT2D eigenvalue weighted by molar-refractivity contribution is 6.74. The number of ether oxygens (including phenoxy) is 1. The van der Waals surface area contributed by atoms with E-state index in [9.17, 15) is 4.79 Å². The van der Waals surface area contributed by atoms with Gasteiger partial charge in [0.25, 0.3) is 5.88 Å². The summed E-state index contributed by atoms with van der Waals surface area (Å²) < 4.78 is 11.1. The molecule has 0 bridgehead atoms. The van der Waals surface area contributed by atoms with Gasteiger partial charge in [-0.05, 0) is 18.1 Å². The third kappa shape index (κ3) is 4.95. The Bertz CT molecular complexity index is 529. The molecule has 0 fully saturated rings. The van der Waals surface area contributed by atoms with Crippen molar-refractivity contribution in [2.75, 3.05) is 19.0 Å². The molecule has 8 heteroatoms. The van der Waals surface area contributed by atoms with Gasteiger partial charge in [0.1, 0.15) is 0 Å². The number of nitrogens with one attached hydrogen (secondary N) is 1. The van der Waals surface area contributed by atoms with Crippen molar-refractivity contribution < 1.29 is 19.1 Å². The van der Waals surface area contributed by atoms with Crippen LogP contribution in [-0.2, 0) is 10.8 Å². The molecule has 1 aromatic heterocycles. The van der Waals surface area contributed by atoms with Crippen LogP contribution < -0.4 is 10.1 Å². The Labute approximate surface area is 132 Å². The van der Waals surface area contributed by atoms with Gasteiger partial charge in [-0.1, -0.05) is 20.8 Å². The van der Waals surface area contributed by atoms with Gasteiger partial charge < -0.3 is 14.3 Å². The third-order valence-electron chi connectivity index (χ3n) is 3.83. The maximum Gasteiger partial charge on any atom is 0.410 e. The SMILES string of the molecule is COc1ncc(CCO[Si](C)(C)C(C)(C)C)nc1NC(=O)O. The number of aromatic nitrogens is 2. The van der Waals surface area contributed by atoms with Gasteiger partial charge in [-0.15, -0.1) is 0 Å². The molecular weight excluding hydrogens is 302 g/mol. The molecule has 0 aromatic carbocycles. The standard InChI is InChI=1S/C14H25N3O4Si/c1-14(2,3)22(5,6)21-8-7-10-9-15-12(20-4)11(16-10)17-13(18)19/h9H,7-8H2,1-6H3,(H,16,17)(H,18,19). The molecule has 1 heterocycles. The number of hydrogen-bond donors (Lipinski definition) is 2. The maximum atomic E-state index is 10.8. The average Bonchev–Trinajstić information content (AvgIpc) is 2.36. The van der Waals surface area contributed by atoms with Gasteiger partial charge in [-0.3, -0.25) is 5.32 Å². The number of nitrogens with zero attached hydrogens (tertiary/aromatic N) is 2. The van der Waals surface area contributed by atoms with Crippen LogP contribution >= 0.6 is 0 Å². The molecule has 0 aliphatic heterocycles. The van der Waals surface area contributed by atoms with Gasteiger partial charge >= 0.3 is 6.09 Å². The molecule has 22 heavy (non-hydrogen) atoms. The van der Waals surface area contributed by atoms with Gasteiger partial charge in [-0.25, -0.2) is 14.8 Å². The van der Waals surface area contributed by atoms with Gasteiger partial charge in [-0.2, -0.15) is 0 Å².